The predicted molar refractivity (Wildman–Crippen MR) is 124 cm³/mol. The maximum atomic E-state index is 14.1. The van der Waals surface area contributed by atoms with E-state index in [9.17, 15) is 19.1 Å². The maximum absolute atomic E-state index is 14.1. The Balaban J connectivity index is 1.71. The topological polar surface area (TPSA) is 85.8 Å². The van der Waals surface area contributed by atoms with Crippen molar-refractivity contribution in [3.8, 4) is 0 Å². The van der Waals surface area contributed by atoms with Crippen molar-refractivity contribution in [3.63, 3.8) is 0 Å². The molecule has 0 aliphatic carbocycles. The predicted octanol–water partition coefficient (Wildman–Crippen LogP) is 4.62. The first-order valence-corrected chi connectivity index (χ1v) is 11.6. The largest absolute Gasteiger partial charge is 0.509 e. The first-order valence-electron chi connectivity index (χ1n) is 10.0. The van der Waals surface area contributed by atoms with Crippen molar-refractivity contribution >= 4 is 49.5 Å². The van der Waals surface area contributed by atoms with Crippen molar-refractivity contribution in [2.24, 2.45) is 0 Å². The van der Waals surface area contributed by atoms with E-state index in [0.29, 0.717) is 24.2 Å². The number of nitrogens with zero attached hydrogens (tertiary/aromatic N) is 3. The molecule has 3 heterocycles. The SMILES string of the molecule is Cc1nc(NC(=O)C2=C(O)C3(C)CCCN3N(Cc3cccc(F)c3Br)C2=O)ccc1Br. The summed E-state index contributed by atoms with van der Waals surface area (Å²) in [5, 5.41) is 16.8. The Kier molecular flexibility index (Phi) is 6.12. The molecule has 32 heavy (non-hydrogen) atoms. The lowest BCUT2D eigenvalue weighted by molar-refractivity contribution is -0.160. The van der Waals surface area contributed by atoms with E-state index in [-0.39, 0.29) is 28.2 Å². The summed E-state index contributed by atoms with van der Waals surface area (Å²) < 4.78 is 15.1. The van der Waals surface area contributed by atoms with Gasteiger partial charge in [0.15, 0.2) is 0 Å². The van der Waals surface area contributed by atoms with Crippen LogP contribution in [0.25, 0.3) is 0 Å². The summed E-state index contributed by atoms with van der Waals surface area (Å²) in [5.74, 6) is -1.82. The molecule has 1 atom stereocenters. The number of aromatic nitrogens is 1. The van der Waals surface area contributed by atoms with Gasteiger partial charge >= 0.3 is 0 Å². The molecule has 1 saturated heterocycles. The molecule has 0 saturated carbocycles. The zero-order valence-corrected chi connectivity index (χ0v) is 20.6. The van der Waals surface area contributed by atoms with Crippen LogP contribution in [0.15, 0.2) is 50.6 Å². The van der Waals surface area contributed by atoms with E-state index in [1.165, 1.54) is 11.1 Å². The number of aryl methyl sites for hydroxylation is 1. The fourth-order valence-electron chi connectivity index (χ4n) is 4.17. The summed E-state index contributed by atoms with van der Waals surface area (Å²) in [5.41, 5.74) is -0.0225. The Morgan fingerprint density at radius 1 is 1.31 bits per heavy atom. The van der Waals surface area contributed by atoms with Crippen molar-refractivity contribution in [3.05, 3.63) is 67.7 Å². The molecule has 7 nitrogen and oxygen atoms in total. The lowest BCUT2D eigenvalue weighted by Crippen LogP contribution is -2.60. The molecule has 2 N–H and O–H groups in total. The molecule has 0 bridgehead atoms. The van der Waals surface area contributed by atoms with E-state index in [1.807, 2.05) is 0 Å². The Morgan fingerprint density at radius 3 is 2.78 bits per heavy atom. The smallest absolute Gasteiger partial charge is 0.277 e. The Bertz CT molecular complexity index is 1160. The maximum Gasteiger partial charge on any atom is 0.277 e. The highest BCUT2D eigenvalue weighted by Crippen LogP contribution is 2.42. The molecule has 1 aromatic carbocycles. The van der Waals surface area contributed by atoms with Crippen LogP contribution in [0.4, 0.5) is 10.2 Å². The van der Waals surface area contributed by atoms with E-state index < -0.39 is 23.2 Å². The van der Waals surface area contributed by atoms with Gasteiger partial charge in [0.1, 0.15) is 23.0 Å². The number of hydrogen-bond donors (Lipinski definition) is 2. The van der Waals surface area contributed by atoms with Gasteiger partial charge in [-0.1, -0.05) is 12.1 Å². The van der Waals surface area contributed by atoms with Crippen molar-refractivity contribution in [2.75, 3.05) is 11.9 Å². The molecule has 0 radical (unpaired) electrons. The number of halogens is 3. The average Bonchev–Trinajstić information content (AvgIpc) is 3.14. The summed E-state index contributed by atoms with van der Waals surface area (Å²) >= 11 is 6.60. The van der Waals surface area contributed by atoms with Gasteiger partial charge in [-0.2, -0.15) is 0 Å². The molecule has 2 aliphatic heterocycles. The van der Waals surface area contributed by atoms with Gasteiger partial charge in [0, 0.05) is 11.0 Å². The van der Waals surface area contributed by atoms with Crippen LogP contribution in [0.3, 0.4) is 0 Å². The summed E-state index contributed by atoms with van der Waals surface area (Å²) in [6.07, 6.45) is 1.30. The van der Waals surface area contributed by atoms with Crippen LogP contribution < -0.4 is 5.32 Å². The monoisotopic (exact) mass is 566 g/mol. The number of carbonyl (C=O) groups is 2. The number of benzene rings is 1. The second kappa shape index (κ2) is 8.57. The quantitative estimate of drug-likeness (QED) is 0.527. The average molecular weight is 568 g/mol. The highest BCUT2D eigenvalue weighted by Gasteiger charge is 2.52. The molecule has 2 amide bonds. The fraction of sp³-hybridized carbons (Fsp3) is 0.318. The van der Waals surface area contributed by atoms with Crippen LogP contribution in [0.5, 0.6) is 0 Å². The first-order chi connectivity index (χ1) is 15.1. The highest BCUT2D eigenvalue weighted by molar-refractivity contribution is 9.10. The van der Waals surface area contributed by atoms with E-state index in [1.54, 1.807) is 43.1 Å². The number of carbonyl (C=O) groups excluding carboxylic acids is 2. The van der Waals surface area contributed by atoms with E-state index >= 15 is 0 Å². The molecular formula is C22H21Br2FN4O3. The Labute approximate surface area is 201 Å². The number of pyridine rings is 1. The number of hydrogen-bond acceptors (Lipinski definition) is 5. The summed E-state index contributed by atoms with van der Waals surface area (Å²) in [7, 11) is 0. The normalized spacial score (nSPS) is 21.2. The third-order valence-electron chi connectivity index (χ3n) is 5.93. The zero-order chi connectivity index (χ0) is 23.2. The van der Waals surface area contributed by atoms with Crippen LogP contribution in [0.1, 0.15) is 31.0 Å². The van der Waals surface area contributed by atoms with Crippen LogP contribution in [-0.2, 0) is 16.1 Å². The number of nitrogens with one attached hydrogen (secondary N) is 1. The molecule has 1 fully saturated rings. The van der Waals surface area contributed by atoms with E-state index in [0.717, 1.165) is 10.9 Å². The van der Waals surface area contributed by atoms with Crippen molar-refractivity contribution in [1.82, 2.24) is 15.0 Å². The lowest BCUT2D eigenvalue weighted by Gasteiger charge is -2.46. The highest BCUT2D eigenvalue weighted by atomic mass is 79.9. The van der Waals surface area contributed by atoms with Gasteiger partial charge in [-0.15, -0.1) is 0 Å². The van der Waals surface area contributed by atoms with Gasteiger partial charge in [-0.05, 0) is 82.3 Å². The fourth-order valence-corrected chi connectivity index (χ4v) is 4.78. The van der Waals surface area contributed by atoms with Crippen LogP contribution >= 0.6 is 31.9 Å². The number of aliphatic hydroxyl groups is 1. The molecule has 1 unspecified atom stereocenters. The van der Waals surface area contributed by atoms with Gasteiger partial charge in [0.2, 0.25) is 0 Å². The van der Waals surface area contributed by atoms with Gasteiger partial charge in [0.25, 0.3) is 11.8 Å². The van der Waals surface area contributed by atoms with Gasteiger partial charge < -0.3 is 10.4 Å². The molecule has 10 heteroatoms. The van der Waals surface area contributed by atoms with E-state index in [4.69, 9.17) is 0 Å². The molecule has 0 spiro atoms. The third kappa shape index (κ3) is 3.84. The van der Waals surface area contributed by atoms with Crippen LogP contribution in [0.2, 0.25) is 0 Å². The number of rotatable bonds is 4. The Hall–Kier alpha value is -2.30. The lowest BCUT2D eigenvalue weighted by atomic mass is 9.90. The van der Waals surface area contributed by atoms with Crippen molar-refractivity contribution in [1.29, 1.82) is 0 Å². The number of hydrazine groups is 1. The van der Waals surface area contributed by atoms with Gasteiger partial charge in [-0.25, -0.2) is 14.4 Å². The molecule has 168 valence electrons. The third-order valence-corrected chi connectivity index (χ3v) is 7.66. The minimum absolute atomic E-state index is 0.0481. The number of fused-ring (bicyclic) bond motifs is 1. The second-order valence-electron chi connectivity index (χ2n) is 8.02. The van der Waals surface area contributed by atoms with Gasteiger partial charge in [-0.3, -0.25) is 14.6 Å². The summed E-state index contributed by atoms with van der Waals surface area (Å²) in [4.78, 5) is 30.8. The van der Waals surface area contributed by atoms with Crippen LogP contribution in [-0.4, -0.2) is 44.0 Å². The minimum atomic E-state index is -0.913. The minimum Gasteiger partial charge on any atom is -0.509 e. The summed E-state index contributed by atoms with van der Waals surface area (Å²) in [6, 6.07) is 7.94. The number of anilines is 1. The molecule has 1 aromatic heterocycles. The van der Waals surface area contributed by atoms with Crippen molar-refractivity contribution < 1.29 is 19.1 Å². The zero-order valence-electron chi connectivity index (χ0n) is 17.5. The number of aliphatic hydroxyl groups excluding tert-OH is 1. The van der Waals surface area contributed by atoms with E-state index in [2.05, 4.69) is 42.2 Å². The second-order valence-corrected chi connectivity index (χ2v) is 9.67. The molecule has 4 rings (SSSR count). The Morgan fingerprint density at radius 2 is 2.06 bits per heavy atom. The van der Waals surface area contributed by atoms with Crippen LogP contribution in [0, 0.1) is 12.7 Å². The molecular weight excluding hydrogens is 547 g/mol. The number of amides is 2. The summed E-state index contributed by atoms with van der Waals surface area (Å²) in [6.45, 7) is 4.15. The molecule has 2 aromatic rings. The molecule has 2 aliphatic rings. The first kappa shape index (κ1) is 22.9. The standard InChI is InChI=1S/C22H21Br2FN4O3/c1-12-14(23)7-8-16(26-12)27-20(31)17-19(30)22(2)9-4-10-29(22)28(21(17)32)11-13-5-3-6-15(25)18(13)24/h3,5-8,30H,4,9-11H2,1-2H3,(H,26,27,31). The van der Waals surface area contributed by atoms with Crippen molar-refractivity contribution in [2.45, 2.75) is 38.8 Å². The van der Waals surface area contributed by atoms with Gasteiger partial charge in [0.05, 0.1) is 22.3 Å².